The van der Waals surface area contributed by atoms with Gasteiger partial charge in [-0.15, -0.1) is 11.3 Å². The van der Waals surface area contributed by atoms with Crippen molar-refractivity contribution in [3.63, 3.8) is 0 Å². The van der Waals surface area contributed by atoms with Crippen LogP contribution in [0, 0.1) is 16.7 Å². The van der Waals surface area contributed by atoms with Crippen molar-refractivity contribution in [2.24, 2.45) is 5.41 Å². The second kappa shape index (κ2) is 10.4. The molecule has 0 aliphatic carbocycles. The fourth-order valence-electron chi connectivity index (χ4n) is 4.32. The van der Waals surface area contributed by atoms with Crippen LogP contribution in [0.3, 0.4) is 0 Å². The predicted molar refractivity (Wildman–Crippen MR) is 149 cm³/mol. The molecule has 4 heterocycles. The second-order valence-electron chi connectivity index (χ2n) is 10.7. The number of aromatic nitrogens is 4. The first-order chi connectivity index (χ1) is 18.2. The van der Waals surface area contributed by atoms with Gasteiger partial charge >= 0.3 is 0 Å². The second-order valence-corrected chi connectivity index (χ2v) is 11.5. The summed E-state index contributed by atoms with van der Waals surface area (Å²) in [4.78, 5) is 27.1. The summed E-state index contributed by atoms with van der Waals surface area (Å²) < 4.78 is 1.62. The number of carbonyl (C=O) groups excluding carboxylic acids is 1. The van der Waals surface area contributed by atoms with Gasteiger partial charge < -0.3 is 9.80 Å². The molecule has 1 aliphatic rings. The van der Waals surface area contributed by atoms with Gasteiger partial charge in [-0.25, -0.2) is 9.97 Å². The van der Waals surface area contributed by atoms with Gasteiger partial charge in [0.25, 0.3) is 5.91 Å². The number of anilines is 2. The van der Waals surface area contributed by atoms with Gasteiger partial charge in [0, 0.05) is 61.4 Å². The summed E-state index contributed by atoms with van der Waals surface area (Å²) in [6, 6.07) is 12.9. The molecule has 0 bridgehead atoms. The minimum Gasteiger partial charge on any atom is -0.346 e. The fraction of sp³-hybridized carbons (Fsp3) is 0.370. The van der Waals surface area contributed by atoms with Crippen molar-refractivity contribution in [2.75, 3.05) is 49.7 Å². The van der Waals surface area contributed by atoms with E-state index in [1.807, 2.05) is 24.3 Å². The Balaban J connectivity index is 1.35. The molecule has 0 unspecified atom stereocenters. The SMILES string of the molecule is CN1CCN(c2nc(-c3ccc(C(=O)NN(CC(C)(C)C)c4cc(C#N)nc5ccnn45)cc3)cs2)CC1. The van der Waals surface area contributed by atoms with Crippen molar-refractivity contribution in [2.45, 2.75) is 20.8 Å². The lowest BCUT2D eigenvalue weighted by Crippen LogP contribution is -2.47. The van der Waals surface area contributed by atoms with Crippen molar-refractivity contribution in [1.82, 2.24) is 29.9 Å². The Morgan fingerprint density at radius 3 is 2.55 bits per heavy atom. The molecule has 1 aromatic carbocycles. The summed E-state index contributed by atoms with van der Waals surface area (Å²) >= 11 is 1.65. The number of nitrogens with one attached hydrogen (secondary N) is 1. The number of fused-ring (bicyclic) bond motifs is 1. The number of carbonyl (C=O) groups is 1. The standard InChI is InChI=1S/C27H31N9OS/c1-27(2,3)18-35(24-15-21(16-28)30-23-9-10-29-36(23)24)32-25(37)20-7-5-19(6-8-20)22-17-38-26(31-22)34-13-11-33(4)12-14-34/h5-10,15,17H,11-14,18H2,1-4H3,(H,32,37). The van der Waals surface area contributed by atoms with E-state index in [0.717, 1.165) is 42.6 Å². The topological polar surface area (TPSA) is 106 Å². The molecule has 1 N–H and O–H groups in total. The van der Waals surface area contributed by atoms with Gasteiger partial charge in [-0.1, -0.05) is 32.9 Å². The highest BCUT2D eigenvalue weighted by atomic mass is 32.1. The molecule has 1 aliphatic heterocycles. The Morgan fingerprint density at radius 1 is 1.13 bits per heavy atom. The summed E-state index contributed by atoms with van der Waals surface area (Å²) in [5, 5.41) is 18.7. The van der Waals surface area contributed by atoms with Gasteiger partial charge in [-0.3, -0.25) is 15.2 Å². The molecule has 38 heavy (non-hydrogen) atoms. The van der Waals surface area contributed by atoms with E-state index in [0.29, 0.717) is 23.6 Å². The molecule has 196 valence electrons. The van der Waals surface area contributed by atoms with Gasteiger partial charge in [0.15, 0.2) is 16.6 Å². The minimum atomic E-state index is -0.257. The largest absolute Gasteiger partial charge is 0.346 e. The van der Waals surface area contributed by atoms with Crippen LogP contribution in [0.15, 0.2) is 48.0 Å². The van der Waals surface area contributed by atoms with E-state index in [1.54, 1.807) is 39.2 Å². The molecule has 0 saturated carbocycles. The van der Waals surface area contributed by atoms with Crippen LogP contribution in [0.2, 0.25) is 0 Å². The van der Waals surface area contributed by atoms with Gasteiger partial charge in [-0.05, 0) is 24.6 Å². The number of benzene rings is 1. The first-order valence-corrected chi connectivity index (χ1v) is 13.4. The number of hydrazine groups is 1. The molecule has 4 aromatic rings. The van der Waals surface area contributed by atoms with Crippen molar-refractivity contribution >= 4 is 33.8 Å². The average Bonchev–Trinajstić information content (AvgIpc) is 3.57. The quantitative estimate of drug-likeness (QED) is 0.377. The number of nitrogens with zero attached hydrogens (tertiary/aromatic N) is 8. The van der Waals surface area contributed by atoms with Gasteiger partial charge in [0.2, 0.25) is 0 Å². The first kappa shape index (κ1) is 25.6. The van der Waals surface area contributed by atoms with E-state index >= 15 is 0 Å². The molecular formula is C27H31N9OS. The minimum absolute atomic E-state index is 0.154. The zero-order valence-electron chi connectivity index (χ0n) is 22.0. The zero-order chi connectivity index (χ0) is 26.9. The number of likely N-dealkylation sites (N-methyl/N-ethyl adjacent to an activating group) is 1. The molecule has 11 heteroatoms. The number of amides is 1. The monoisotopic (exact) mass is 529 g/mol. The summed E-state index contributed by atoms with van der Waals surface area (Å²) in [5.41, 5.74) is 6.06. The number of rotatable bonds is 6. The van der Waals surface area contributed by atoms with Crippen LogP contribution in [-0.4, -0.2) is 70.2 Å². The third kappa shape index (κ3) is 5.61. The molecule has 10 nitrogen and oxygen atoms in total. The number of hydrogen-bond donors (Lipinski definition) is 1. The Morgan fingerprint density at radius 2 is 1.87 bits per heavy atom. The average molecular weight is 530 g/mol. The molecule has 0 spiro atoms. The maximum atomic E-state index is 13.3. The molecule has 1 amide bonds. The Kier molecular flexibility index (Phi) is 7.01. The van der Waals surface area contributed by atoms with E-state index in [-0.39, 0.29) is 17.0 Å². The van der Waals surface area contributed by atoms with Crippen LogP contribution in [0.4, 0.5) is 10.9 Å². The lowest BCUT2D eigenvalue weighted by Gasteiger charge is -2.32. The van der Waals surface area contributed by atoms with Crippen LogP contribution < -0.4 is 15.3 Å². The molecule has 1 saturated heterocycles. The van der Waals surface area contributed by atoms with E-state index in [4.69, 9.17) is 4.98 Å². The van der Waals surface area contributed by atoms with Crippen molar-refractivity contribution in [1.29, 1.82) is 5.26 Å². The molecule has 0 radical (unpaired) electrons. The van der Waals surface area contributed by atoms with Crippen molar-refractivity contribution < 1.29 is 4.79 Å². The third-order valence-electron chi connectivity index (χ3n) is 6.31. The molecule has 5 rings (SSSR count). The molecule has 0 atom stereocenters. The lowest BCUT2D eigenvalue weighted by atomic mass is 9.96. The number of thiazole rings is 1. The molecular weight excluding hydrogens is 498 g/mol. The van der Waals surface area contributed by atoms with E-state index < -0.39 is 0 Å². The highest BCUT2D eigenvalue weighted by Crippen LogP contribution is 2.28. The van der Waals surface area contributed by atoms with Crippen LogP contribution >= 0.6 is 11.3 Å². The van der Waals surface area contributed by atoms with Gasteiger partial charge in [0.1, 0.15) is 11.8 Å². The van der Waals surface area contributed by atoms with Crippen LogP contribution in [0.25, 0.3) is 16.9 Å². The van der Waals surface area contributed by atoms with Crippen LogP contribution in [0.5, 0.6) is 0 Å². The summed E-state index contributed by atoms with van der Waals surface area (Å²) in [6.45, 7) is 10.8. The lowest BCUT2D eigenvalue weighted by molar-refractivity contribution is 0.0945. The van der Waals surface area contributed by atoms with Crippen LogP contribution in [-0.2, 0) is 0 Å². The Labute approximate surface area is 226 Å². The first-order valence-electron chi connectivity index (χ1n) is 12.5. The summed E-state index contributed by atoms with van der Waals surface area (Å²) in [5.74, 6) is 0.309. The van der Waals surface area contributed by atoms with Gasteiger partial charge in [0.05, 0.1) is 11.9 Å². The number of hydrogen-bond acceptors (Lipinski definition) is 9. The normalized spacial score (nSPS) is 14.4. The maximum Gasteiger partial charge on any atom is 0.269 e. The van der Waals surface area contributed by atoms with Crippen LogP contribution in [0.1, 0.15) is 36.8 Å². The van der Waals surface area contributed by atoms with E-state index in [9.17, 15) is 10.1 Å². The highest BCUT2D eigenvalue weighted by molar-refractivity contribution is 7.14. The summed E-state index contributed by atoms with van der Waals surface area (Å²) in [6.07, 6.45) is 1.62. The maximum absolute atomic E-state index is 13.3. The zero-order valence-corrected chi connectivity index (χ0v) is 22.9. The van der Waals surface area contributed by atoms with E-state index in [2.05, 4.69) is 64.6 Å². The number of piperazine rings is 1. The Hall–Kier alpha value is -4.01. The summed E-state index contributed by atoms with van der Waals surface area (Å²) in [7, 11) is 2.14. The van der Waals surface area contributed by atoms with Crippen molar-refractivity contribution in [3.05, 3.63) is 59.2 Å². The van der Waals surface area contributed by atoms with Crippen molar-refractivity contribution in [3.8, 4) is 17.3 Å². The van der Waals surface area contributed by atoms with E-state index in [1.165, 1.54) is 0 Å². The smallest absolute Gasteiger partial charge is 0.269 e. The highest BCUT2D eigenvalue weighted by Gasteiger charge is 2.23. The van der Waals surface area contributed by atoms with Gasteiger partial charge in [-0.2, -0.15) is 14.9 Å². The Bertz CT molecular complexity index is 1470. The molecule has 3 aromatic heterocycles. The molecule has 1 fully saturated rings. The third-order valence-corrected chi connectivity index (χ3v) is 7.21. The predicted octanol–water partition coefficient (Wildman–Crippen LogP) is 3.67. The fourth-order valence-corrected chi connectivity index (χ4v) is 5.21. The number of nitriles is 1.